The van der Waals surface area contributed by atoms with E-state index < -0.39 is 0 Å². The van der Waals surface area contributed by atoms with Gasteiger partial charge < -0.3 is 16.4 Å². The second-order valence-corrected chi connectivity index (χ2v) is 10.1. The number of carbonyl (C=O) groups is 2. The maximum Gasteiger partial charge on any atom is 0.211 e. The highest BCUT2D eigenvalue weighted by Gasteiger charge is 2.10. The molecule has 1 amide bonds. The fourth-order valence-corrected chi connectivity index (χ4v) is 4.16. The van der Waals surface area contributed by atoms with Crippen LogP contribution in [0.25, 0.3) is 0 Å². The number of nitriles is 1. The van der Waals surface area contributed by atoms with Crippen molar-refractivity contribution in [3.63, 3.8) is 0 Å². The Labute approximate surface area is 237 Å². The number of nitrogens with one attached hydrogen (secondary N) is 2. The van der Waals surface area contributed by atoms with Gasteiger partial charge in [0.05, 0.1) is 11.6 Å². The molecule has 1 atom stereocenters. The van der Waals surface area contributed by atoms with E-state index >= 15 is 0 Å². The number of Topliss-reactive ketones (excluding diaryl/α,β-unsaturated/α-hetero) is 1. The van der Waals surface area contributed by atoms with Gasteiger partial charge in [0, 0.05) is 23.0 Å². The van der Waals surface area contributed by atoms with Crippen molar-refractivity contribution in [2.75, 3.05) is 12.4 Å². The molecule has 0 aliphatic rings. The predicted molar refractivity (Wildman–Crippen MR) is 165 cm³/mol. The highest BCUT2D eigenvalue weighted by atomic mass is 16.1. The third-order valence-electron chi connectivity index (χ3n) is 6.44. The van der Waals surface area contributed by atoms with Gasteiger partial charge in [0.15, 0.2) is 5.78 Å². The highest BCUT2D eigenvalue weighted by Crippen LogP contribution is 2.26. The number of anilines is 1. The summed E-state index contributed by atoms with van der Waals surface area (Å²) in [5, 5.41) is 14.5. The molecular formula is C33H50N4O2. The van der Waals surface area contributed by atoms with Gasteiger partial charge in [-0.2, -0.15) is 5.26 Å². The number of nitrogens with two attached hydrogens (primary N) is 1. The van der Waals surface area contributed by atoms with Crippen molar-refractivity contribution in [3.8, 4) is 6.07 Å². The number of carbonyl (C=O) groups excluding carboxylic acids is 2. The first-order chi connectivity index (χ1) is 18.6. The first-order valence-electron chi connectivity index (χ1n) is 14.0. The van der Waals surface area contributed by atoms with Crippen LogP contribution < -0.4 is 16.4 Å². The summed E-state index contributed by atoms with van der Waals surface area (Å²) in [4.78, 5) is 21.2. The van der Waals surface area contributed by atoms with E-state index in [-0.39, 0.29) is 5.78 Å². The monoisotopic (exact) mass is 534 g/mol. The number of amides is 1. The van der Waals surface area contributed by atoms with Crippen molar-refractivity contribution in [1.82, 2.24) is 5.32 Å². The molecule has 0 spiro atoms. The van der Waals surface area contributed by atoms with Crippen molar-refractivity contribution in [3.05, 3.63) is 76.5 Å². The number of aryl methyl sites for hydroxylation is 1. The molecule has 0 aliphatic carbocycles. The van der Waals surface area contributed by atoms with E-state index in [2.05, 4.69) is 56.5 Å². The Morgan fingerprint density at radius 3 is 2.08 bits per heavy atom. The van der Waals surface area contributed by atoms with E-state index in [0.717, 1.165) is 23.2 Å². The standard InChI is InChI=1S/C14H19N.C10H11NO2.C9H20N2/c1-3-5-13(6-4-2)14-9-7-12(11-15)8-10-14;1-7-3-4-9(8(2)13)5-10(7)11-6-12;1-5-8(10)9(11-4)6-7(2)3/h7-10,13H,3-6H2,1-2H3;3-6H,1-2H3,(H,11,12);5,7,9,11H,6,10H2,1-4H3/b;;8-5+. The number of likely N-dealkylation sites (N-methyl/N-ethyl adjacent to an activating group) is 1. The van der Waals surface area contributed by atoms with Crippen LogP contribution in [0.5, 0.6) is 0 Å². The predicted octanol–water partition coefficient (Wildman–Crippen LogP) is 7.49. The number of nitrogens with zero attached hydrogens (tertiary/aromatic N) is 1. The summed E-state index contributed by atoms with van der Waals surface area (Å²) in [5.74, 6) is 1.35. The van der Waals surface area contributed by atoms with Crippen molar-refractivity contribution in [1.29, 1.82) is 5.26 Å². The number of benzene rings is 2. The van der Waals surface area contributed by atoms with E-state index in [4.69, 9.17) is 11.0 Å². The minimum absolute atomic E-state index is 0.00560. The Bertz CT molecular complexity index is 1050. The number of hydrogen-bond donors (Lipinski definition) is 3. The van der Waals surface area contributed by atoms with Gasteiger partial charge in [-0.25, -0.2) is 0 Å². The molecule has 0 fully saturated rings. The average molecular weight is 535 g/mol. The molecule has 6 heteroatoms. The van der Waals surface area contributed by atoms with E-state index in [1.165, 1.54) is 38.2 Å². The van der Waals surface area contributed by atoms with Crippen molar-refractivity contribution < 1.29 is 9.59 Å². The zero-order valence-corrected chi connectivity index (χ0v) is 25.3. The number of allylic oxidation sites excluding steroid dienone is 1. The van der Waals surface area contributed by atoms with E-state index in [1.54, 1.807) is 12.1 Å². The first-order valence-corrected chi connectivity index (χ1v) is 14.0. The number of hydrogen-bond acceptors (Lipinski definition) is 5. The zero-order valence-electron chi connectivity index (χ0n) is 25.3. The second kappa shape index (κ2) is 20.5. The summed E-state index contributed by atoms with van der Waals surface area (Å²) >= 11 is 0. The van der Waals surface area contributed by atoms with E-state index in [9.17, 15) is 9.59 Å². The van der Waals surface area contributed by atoms with Crippen LogP contribution in [0.2, 0.25) is 0 Å². The summed E-state index contributed by atoms with van der Waals surface area (Å²) in [6.07, 6.45) is 8.62. The molecule has 39 heavy (non-hydrogen) atoms. The third-order valence-corrected chi connectivity index (χ3v) is 6.44. The van der Waals surface area contributed by atoms with E-state index in [1.807, 2.05) is 45.2 Å². The molecule has 0 heterocycles. The Hall–Kier alpha value is -3.43. The Kier molecular flexibility index (Phi) is 18.7. The molecule has 1 unspecified atom stereocenters. The summed E-state index contributed by atoms with van der Waals surface area (Å²) in [6, 6.07) is 15.8. The van der Waals surface area contributed by atoms with Gasteiger partial charge in [-0.15, -0.1) is 0 Å². The molecule has 0 radical (unpaired) electrons. The molecule has 2 rings (SSSR count). The summed E-state index contributed by atoms with van der Waals surface area (Å²) in [5.41, 5.74) is 11.1. The quantitative estimate of drug-likeness (QED) is 0.193. The van der Waals surface area contributed by atoms with Crippen LogP contribution in [0.4, 0.5) is 5.69 Å². The molecule has 2 aromatic rings. The van der Waals surface area contributed by atoms with Gasteiger partial charge in [0.1, 0.15) is 0 Å². The number of rotatable bonds is 12. The van der Waals surface area contributed by atoms with Crippen LogP contribution in [-0.2, 0) is 4.79 Å². The molecule has 0 aliphatic heterocycles. The van der Waals surface area contributed by atoms with Crippen LogP contribution in [0, 0.1) is 24.2 Å². The van der Waals surface area contributed by atoms with E-state index in [0.29, 0.717) is 35.5 Å². The number of ketones is 1. The van der Waals surface area contributed by atoms with Gasteiger partial charge in [0.25, 0.3) is 0 Å². The summed E-state index contributed by atoms with van der Waals surface area (Å²) in [7, 11) is 1.95. The molecule has 214 valence electrons. The third kappa shape index (κ3) is 14.3. The van der Waals surface area contributed by atoms with Gasteiger partial charge in [-0.1, -0.05) is 70.9 Å². The average Bonchev–Trinajstić information content (AvgIpc) is 2.93. The summed E-state index contributed by atoms with van der Waals surface area (Å²) in [6.45, 7) is 14.2. The Balaban J connectivity index is 0.000000563. The van der Waals surface area contributed by atoms with Gasteiger partial charge in [-0.05, 0) is 88.2 Å². The molecule has 2 aromatic carbocycles. The van der Waals surface area contributed by atoms with Crippen LogP contribution in [0.15, 0.2) is 54.2 Å². The fourth-order valence-electron chi connectivity index (χ4n) is 4.16. The zero-order chi connectivity index (χ0) is 29.8. The highest BCUT2D eigenvalue weighted by molar-refractivity contribution is 5.95. The van der Waals surface area contributed by atoms with Gasteiger partial charge in [-0.3, -0.25) is 9.59 Å². The molecule has 4 N–H and O–H groups in total. The lowest BCUT2D eigenvalue weighted by Gasteiger charge is -2.18. The van der Waals surface area contributed by atoms with Crippen LogP contribution >= 0.6 is 0 Å². The minimum atomic E-state index is -0.00560. The molecule has 0 bridgehead atoms. The molecule has 0 saturated carbocycles. The second-order valence-electron chi connectivity index (χ2n) is 10.1. The minimum Gasteiger partial charge on any atom is -0.401 e. The first kappa shape index (κ1) is 35.6. The van der Waals surface area contributed by atoms with Gasteiger partial charge >= 0.3 is 0 Å². The van der Waals surface area contributed by atoms with Gasteiger partial charge in [0.2, 0.25) is 6.41 Å². The fraction of sp³-hybridized carbons (Fsp3) is 0.485. The maximum atomic E-state index is 11.0. The van der Waals surface area contributed by atoms with Crippen molar-refractivity contribution >= 4 is 17.9 Å². The largest absolute Gasteiger partial charge is 0.401 e. The lowest BCUT2D eigenvalue weighted by molar-refractivity contribution is -0.105. The SMILES string of the molecule is C/C=C(/N)C(CC(C)C)NC.CC(=O)c1ccc(C)c(NC=O)c1.CCCC(CCC)c1ccc(C#N)cc1. The lowest BCUT2D eigenvalue weighted by atomic mass is 9.90. The van der Waals surface area contributed by atoms with Crippen LogP contribution in [0.1, 0.15) is 107 Å². The topological polar surface area (TPSA) is 108 Å². The molecular weight excluding hydrogens is 484 g/mol. The maximum absolute atomic E-state index is 11.0. The van der Waals surface area contributed by atoms with Crippen molar-refractivity contribution in [2.24, 2.45) is 11.7 Å². The Morgan fingerprint density at radius 1 is 1.08 bits per heavy atom. The van der Waals surface area contributed by atoms with Crippen LogP contribution in [0.3, 0.4) is 0 Å². The smallest absolute Gasteiger partial charge is 0.211 e. The Morgan fingerprint density at radius 2 is 1.67 bits per heavy atom. The van der Waals surface area contributed by atoms with Crippen molar-refractivity contribution in [2.45, 2.75) is 92.5 Å². The summed E-state index contributed by atoms with van der Waals surface area (Å²) < 4.78 is 0. The normalized spacial score (nSPS) is 11.5. The molecule has 6 nitrogen and oxygen atoms in total. The lowest BCUT2D eigenvalue weighted by Crippen LogP contribution is -2.32. The van der Waals surface area contributed by atoms with Crippen LogP contribution in [-0.4, -0.2) is 25.3 Å². The molecule has 0 aromatic heterocycles. The molecule has 0 saturated heterocycles.